The van der Waals surface area contributed by atoms with E-state index < -0.39 is 6.10 Å². The molecule has 29 heavy (non-hydrogen) atoms. The molecule has 0 unspecified atom stereocenters. The number of aliphatic hydroxyl groups is 1. The summed E-state index contributed by atoms with van der Waals surface area (Å²) >= 11 is 1.77. The van der Waals surface area contributed by atoms with Crippen LogP contribution in [0.5, 0.6) is 5.75 Å². The second-order valence-corrected chi connectivity index (χ2v) is 8.92. The topological polar surface area (TPSA) is 35.9 Å². The van der Waals surface area contributed by atoms with Gasteiger partial charge in [-0.1, -0.05) is 42.5 Å². The lowest BCUT2D eigenvalue weighted by Gasteiger charge is -2.28. The maximum Gasteiger partial charge on any atom is 0.118 e. The fraction of sp³-hybridized carbons (Fsp3) is 0.333. The summed E-state index contributed by atoms with van der Waals surface area (Å²) in [6.07, 6.45) is -0.471. The number of methoxy groups -OCH3 is 1. The van der Waals surface area contributed by atoms with Crippen LogP contribution in [0.1, 0.15) is 10.8 Å². The second-order valence-electron chi connectivity index (χ2n) is 7.76. The molecule has 2 atom stereocenters. The summed E-state index contributed by atoms with van der Waals surface area (Å²) in [5.74, 6) is 0.834. The Morgan fingerprint density at radius 1 is 1.07 bits per heavy atom. The van der Waals surface area contributed by atoms with Gasteiger partial charge in [-0.3, -0.25) is 0 Å². The van der Waals surface area contributed by atoms with Crippen LogP contribution >= 0.6 is 11.8 Å². The number of nitrogens with zero attached hydrogens (tertiary/aromatic N) is 2. The first-order chi connectivity index (χ1) is 14.1. The van der Waals surface area contributed by atoms with Gasteiger partial charge in [-0.15, -0.1) is 11.8 Å². The Balaban J connectivity index is 1.78. The lowest BCUT2D eigenvalue weighted by molar-refractivity contribution is 0.177. The molecule has 0 spiro atoms. The van der Waals surface area contributed by atoms with Gasteiger partial charge >= 0.3 is 0 Å². The van der Waals surface area contributed by atoms with Gasteiger partial charge < -0.3 is 19.6 Å². The molecule has 0 fully saturated rings. The first-order valence-electron chi connectivity index (χ1n) is 9.97. The van der Waals surface area contributed by atoms with E-state index in [0.717, 1.165) is 24.4 Å². The van der Waals surface area contributed by atoms with Gasteiger partial charge in [0.25, 0.3) is 0 Å². The first kappa shape index (κ1) is 20.1. The highest BCUT2D eigenvalue weighted by molar-refractivity contribution is 8.00. The molecule has 0 radical (unpaired) electrons. The molecule has 1 aliphatic heterocycles. The number of benzene rings is 3. The van der Waals surface area contributed by atoms with Crippen LogP contribution in [0.15, 0.2) is 65.6 Å². The Morgan fingerprint density at radius 3 is 2.55 bits per heavy atom. The van der Waals surface area contributed by atoms with Gasteiger partial charge in [0.05, 0.1) is 24.2 Å². The number of fused-ring (bicyclic) bond motifs is 3. The number of rotatable bonds is 5. The summed E-state index contributed by atoms with van der Waals surface area (Å²) in [6.45, 7) is 2.44. The Hall–Kier alpha value is -2.21. The zero-order valence-electron chi connectivity index (χ0n) is 17.2. The SMILES string of the molecule is COc1ccc([C@@H]2Sc3c(ccc4ccccc34)N(CCN(C)C)C[C@@H]2O)cc1. The molecule has 4 nitrogen and oxygen atoms in total. The van der Waals surface area contributed by atoms with E-state index in [9.17, 15) is 5.11 Å². The monoisotopic (exact) mass is 408 g/mol. The van der Waals surface area contributed by atoms with Gasteiger partial charge in [-0.2, -0.15) is 0 Å². The highest BCUT2D eigenvalue weighted by Gasteiger charge is 2.31. The molecule has 0 bridgehead atoms. The average Bonchev–Trinajstić information content (AvgIpc) is 2.88. The summed E-state index contributed by atoms with van der Waals surface area (Å²) < 4.78 is 5.31. The number of thioether (sulfide) groups is 1. The molecule has 1 heterocycles. The Bertz CT molecular complexity index is 974. The van der Waals surface area contributed by atoms with Crippen LogP contribution in [-0.2, 0) is 0 Å². The largest absolute Gasteiger partial charge is 0.497 e. The van der Waals surface area contributed by atoms with Crippen LogP contribution in [0.3, 0.4) is 0 Å². The molecular formula is C24H28N2O2S. The van der Waals surface area contributed by atoms with Crippen LogP contribution < -0.4 is 9.64 Å². The summed E-state index contributed by atoms with van der Waals surface area (Å²) in [7, 11) is 5.85. The van der Waals surface area contributed by atoms with Gasteiger partial charge in [0, 0.05) is 24.5 Å². The van der Waals surface area contributed by atoms with Crippen molar-refractivity contribution >= 4 is 28.2 Å². The minimum atomic E-state index is -0.471. The molecule has 0 aliphatic carbocycles. The standard InChI is InChI=1S/C24H28N2O2S/c1-25(2)14-15-26-16-22(27)23(18-8-11-19(28-3)12-9-18)29-24-20-7-5-4-6-17(20)10-13-21(24)26/h4-13,22-23,27H,14-16H2,1-3H3/t22-,23-/m0/s1. The third kappa shape index (κ3) is 4.22. The van der Waals surface area contributed by atoms with Crippen LogP contribution in [0.25, 0.3) is 10.8 Å². The fourth-order valence-corrected chi connectivity index (χ4v) is 5.27. The van der Waals surface area contributed by atoms with Crippen molar-refractivity contribution in [2.75, 3.05) is 45.7 Å². The highest BCUT2D eigenvalue weighted by atomic mass is 32.2. The lowest BCUT2D eigenvalue weighted by atomic mass is 10.1. The van der Waals surface area contributed by atoms with E-state index >= 15 is 0 Å². The van der Waals surface area contributed by atoms with Crippen LogP contribution in [-0.4, -0.2) is 56.9 Å². The third-order valence-electron chi connectivity index (χ3n) is 5.46. The smallest absolute Gasteiger partial charge is 0.118 e. The highest BCUT2D eigenvalue weighted by Crippen LogP contribution is 2.48. The molecule has 0 saturated heterocycles. The number of aliphatic hydroxyl groups excluding tert-OH is 1. The van der Waals surface area contributed by atoms with Crippen molar-refractivity contribution < 1.29 is 9.84 Å². The van der Waals surface area contributed by atoms with E-state index in [-0.39, 0.29) is 5.25 Å². The van der Waals surface area contributed by atoms with E-state index in [1.807, 2.05) is 12.1 Å². The minimum Gasteiger partial charge on any atom is -0.497 e. The molecule has 5 heteroatoms. The Kier molecular flexibility index (Phi) is 5.99. The van der Waals surface area contributed by atoms with Gasteiger partial charge in [-0.25, -0.2) is 0 Å². The molecule has 3 aromatic rings. The second kappa shape index (κ2) is 8.66. The molecule has 152 valence electrons. The van der Waals surface area contributed by atoms with Gasteiger partial charge in [0.1, 0.15) is 5.75 Å². The van der Waals surface area contributed by atoms with Crippen molar-refractivity contribution in [1.82, 2.24) is 4.90 Å². The van der Waals surface area contributed by atoms with Crippen molar-refractivity contribution in [2.45, 2.75) is 16.2 Å². The summed E-state index contributed by atoms with van der Waals surface area (Å²) in [5.41, 5.74) is 2.34. The quantitative estimate of drug-likeness (QED) is 0.676. The van der Waals surface area contributed by atoms with E-state index in [1.54, 1.807) is 18.9 Å². The molecular weight excluding hydrogens is 380 g/mol. The first-order valence-corrected chi connectivity index (χ1v) is 10.8. The molecule has 0 saturated carbocycles. The van der Waals surface area contributed by atoms with E-state index in [2.05, 4.69) is 72.4 Å². The fourth-order valence-electron chi connectivity index (χ4n) is 3.85. The maximum atomic E-state index is 11.2. The molecule has 0 aromatic heterocycles. The van der Waals surface area contributed by atoms with Crippen molar-refractivity contribution in [3.8, 4) is 5.75 Å². The van der Waals surface area contributed by atoms with Crippen LogP contribution in [0.4, 0.5) is 5.69 Å². The predicted molar refractivity (Wildman–Crippen MR) is 122 cm³/mol. The maximum absolute atomic E-state index is 11.2. The molecule has 1 N–H and O–H groups in total. The number of likely N-dealkylation sites (N-methyl/N-ethyl adjacent to an activating group) is 1. The summed E-state index contributed by atoms with van der Waals surface area (Å²) in [6, 6.07) is 21.0. The minimum absolute atomic E-state index is 0.0326. The molecule has 4 rings (SSSR count). The summed E-state index contributed by atoms with van der Waals surface area (Å²) in [4.78, 5) is 5.77. The van der Waals surface area contributed by atoms with E-state index in [4.69, 9.17) is 4.74 Å². The van der Waals surface area contributed by atoms with E-state index in [0.29, 0.717) is 6.54 Å². The van der Waals surface area contributed by atoms with Crippen molar-refractivity contribution in [2.24, 2.45) is 0 Å². The van der Waals surface area contributed by atoms with Crippen LogP contribution in [0.2, 0.25) is 0 Å². The number of β-amino-alcohol motifs (C(OH)–C–C–N with tert-alkyl or cyclic N) is 1. The van der Waals surface area contributed by atoms with Crippen molar-refractivity contribution in [1.29, 1.82) is 0 Å². The zero-order valence-corrected chi connectivity index (χ0v) is 18.0. The number of anilines is 1. The van der Waals surface area contributed by atoms with Gasteiger partial charge in [-0.05, 0) is 48.6 Å². The zero-order chi connectivity index (χ0) is 20.4. The molecule has 0 amide bonds. The third-order valence-corrected chi connectivity index (χ3v) is 6.97. The summed E-state index contributed by atoms with van der Waals surface area (Å²) in [5, 5.41) is 13.6. The predicted octanol–water partition coefficient (Wildman–Crippen LogP) is 4.42. The molecule has 3 aromatic carbocycles. The van der Waals surface area contributed by atoms with Gasteiger partial charge in [0.2, 0.25) is 0 Å². The van der Waals surface area contributed by atoms with Gasteiger partial charge in [0.15, 0.2) is 0 Å². The number of hydrogen-bond acceptors (Lipinski definition) is 5. The van der Waals surface area contributed by atoms with Crippen molar-refractivity contribution in [3.63, 3.8) is 0 Å². The normalized spacial score (nSPS) is 19.3. The number of ether oxygens (including phenoxy) is 1. The molecule has 1 aliphatic rings. The van der Waals surface area contributed by atoms with Crippen LogP contribution in [0, 0.1) is 0 Å². The van der Waals surface area contributed by atoms with E-state index in [1.165, 1.54) is 21.4 Å². The Labute approximate surface area is 177 Å². The number of hydrogen-bond donors (Lipinski definition) is 1. The van der Waals surface area contributed by atoms with Crippen molar-refractivity contribution in [3.05, 3.63) is 66.2 Å². The lowest BCUT2D eigenvalue weighted by Crippen LogP contribution is -2.38. The average molecular weight is 409 g/mol. The Morgan fingerprint density at radius 2 is 1.83 bits per heavy atom.